The lowest BCUT2D eigenvalue weighted by molar-refractivity contribution is -0.384. The number of benzene rings is 2. The molecule has 0 aliphatic carbocycles. The van der Waals surface area contributed by atoms with Crippen LogP contribution in [0, 0.1) is 10.1 Å². The fraction of sp³-hybridized carbons (Fsp3) is 0. The second kappa shape index (κ2) is 5.34. The predicted octanol–water partition coefficient (Wildman–Crippen LogP) is 3.97. The maximum absolute atomic E-state index is 10.6. The van der Waals surface area contributed by atoms with E-state index in [-0.39, 0.29) is 11.6 Å². The Morgan fingerprint density at radius 3 is 2.33 bits per heavy atom. The first-order valence-electron chi connectivity index (χ1n) is 5.98. The third-order valence-corrected chi connectivity index (χ3v) is 3.18. The van der Waals surface area contributed by atoms with Crippen molar-refractivity contribution in [3.63, 3.8) is 0 Å². The van der Waals surface area contributed by atoms with Crippen LogP contribution >= 0.6 is 11.6 Å². The summed E-state index contributed by atoms with van der Waals surface area (Å²) in [6, 6.07) is 13.0. The maximum atomic E-state index is 10.6. The van der Waals surface area contributed by atoms with Crippen LogP contribution in [0.25, 0.3) is 22.9 Å². The molecule has 1 heterocycles. The topological polar surface area (TPSA) is 82.1 Å². The van der Waals surface area contributed by atoms with E-state index in [4.69, 9.17) is 16.0 Å². The molecule has 0 N–H and O–H groups in total. The molecular weight excluding hydrogens is 294 g/mol. The van der Waals surface area contributed by atoms with Crippen molar-refractivity contribution in [1.29, 1.82) is 0 Å². The second-order valence-corrected chi connectivity index (χ2v) is 4.60. The van der Waals surface area contributed by atoms with Crippen LogP contribution in [0.4, 0.5) is 5.69 Å². The van der Waals surface area contributed by atoms with Crippen LogP contribution in [0.2, 0.25) is 5.02 Å². The fourth-order valence-electron chi connectivity index (χ4n) is 1.81. The molecule has 0 spiro atoms. The van der Waals surface area contributed by atoms with Gasteiger partial charge in [-0.3, -0.25) is 10.1 Å². The van der Waals surface area contributed by atoms with E-state index in [1.807, 2.05) is 6.07 Å². The van der Waals surface area contributed by atoms with Gasteiger partial charge in [-0.1, -0.05) is 23.7 Å². The number of aromatic nitrogens is 2. The lowest BCUT2D eigenvalue weighted by Gasteiger charge is -1.97. The van der Waals surface area contributed by atoms with Gasteiger partial charge in [0.05, 0.1) is 15.5 Å². The summed E-state index contributed by atoms with van der Waals surface area (Å²) < 4.78 is 5.56. The molecular formula is C14H8ClN3O3. The first-order valence-corrected chi connectivity index (χ1v) is 6.36. The largest absolute Gasteiger partial charge is 0.416 e. The highest BCUT2D eigenvalue weighted by Gasteiger charge is 2.13. The van der Waals surface area contributed by atoms with E-state index in [2.05, 4.69) is 10.2 Å². The summed E-state index contributed by atoms with van der Waals surface area (Å²) in [5, 5.41) is 19.0. The average Bonchev–Trinajstić information content (AvgIpc) is 2.97. The van der Waals surface area contributed by atoms with Crippen molar-refractivity contribution in [1.82, 2.24) is 10.2 Å². The summed E-state index contributed by atoms with van der Waals surface area (Å²) in [5.41, 5.74) is 1.25. The van der Waals surface area contributed by atoms with E-state index in [1.165, 1.54) is 12.1 Å². The number of hydrogen-bond donors (Lipinski definition) is 0. The highest BCUT2D eigenvalue weighted by molar-refractivity contribution is 6.33. The van der Waals surface area contributed by atoms with E-state index in [0.717, 1.165) is 0 Å². The Morgan fingerprint density at radius 1 is 1.00 bits per heavy atom. The van der Waals surface area contributed by atoms with E-state index in [0.29, 0.717) is 22.0 Å². The van der Waals surface area contributed by atoms with Crippen LogP contribution in [-0.2, 0) is 0 Å². The number of rotatable bonds is 3. The SMILES string of the molecule is O=[N+]([O-])c1ccc(-c2nnc(-c3ccccc3Cl)o2)cc1. The monoisotopic (exact) mass is 301 g/mol. The Kier molecular flexibility index (Phi) is 3.37. The van der Waals surface area contributed by atoms with Gasteiger partial charge in [-0.15, -0.1) is 10.2 Å². The van der Waals surface area contributed by atoms with E-state index in [1.54, 1.807) is 30.3 Å². The Hall–Kier alpha value is -2.73. The first kappa shape index (κ1) is 13.3. The van der Waals surface area contributed by atoms with Crippen molar-refractivity contribution >= 4 is 17.3 Å². The molecule has 0 fully saturated rings. The van der Waals surface area contributed by atoms with Gasteiger partial charge in [0.25, 0.3) is 5.69 Å². The molecule has 0 bridgehead atoms. The van der Waals surface area contributed by atoms with Crippen LogP contribution in [0.1, 0.15) is 0 Å². The molecule has 0 unspecified atom stereocenters. The van der Waals surface area contributed by atoms with Gasteiger partial charge in [-0.05, 0) is 24.3 Å². The Balaban J connectivity index is 1.95. The van der Waals surface area contributed by atoms with Crippen LogP contribution in [0.5, 0.6) is 0 Å². The van der Waals surface area contributed by atoms with Crippen LogP contribution in [-0.4, -0.2) is 15.1 Å². The molecule has 0 saturated heterocycles. The van der Waals surface area contributed by atoms with Crippen molar-refractivity contribution in [2.75, 3.05) is 0 Å². The third-order valence-electron chi connectivity index (χ3n) is 2.85. The number of nitro groups is 1. The van der Waals surface area contributed by atoms with Gasteiger partial charge in [0.1, 0.15) is 0 Å². The molecule has 0 saturated carbocycles. The quantitative estimate of drug-likeness (QED) is 0.540. The average molecular weight is 302 g/mol. The molecule has 2 aromatic carbocycles. The number of hydrogen-bond acceptors (Lipinski definition) is 5. The van der Waals surface area contributed by atoms with Gasteiger partial charge in [0.2, 0.25) is 11.8 Å². The Labute approximate surface area is 124 Å². The lowest BCUT2D eigenvalue weighted by atomic mass is 10.2. The molecule has 3 aromatic rings. The molecule has 21 heavy (non-hydrogen) atoms. The van der Waals surface area contributed by atoms with Crippen LogP contribution < -0.4 is 0 Å². The predicted molar refractivity (Wildman–Crippen MR) is 76.8 cm³/mol. The molecule has 0 atom stereocenters. The fourth-order valence-corrected chi connectivity index (χ4v) is 2.03. The zero-order valence-corrected chi connectivity index (χ0v) is 11.3. The van der Waals surface area contributed by atoms with Crippen molar-refractivity contribution in [2.45, 2.75) is 0 Å². The summed E-state index contributed by atoms with van der Waals surface area (Å²) in [6.07, 6.45) is 0. The highest BCUT2D eigenvalue weighted by Crippen LogP contribution is 2.29. The molecule has 104 valence electrons. The molecule has 6 nitrogen and oxygen atoms in total. The number of non-ortho nitro benzene ring substituents is 1. The summed E-state index contributed by atoms with van der Waals surface area (Å²) in [6.45, 7) is 0. The zero-order valence-electron chi connectivity index (χ0n) is 10.6. The van der Waals surface area contributed by atoms with Gasteiger partial charge in [-0.25, -0.2) is 0 Å². The van der Waals surface area contributed by atoms with Crippen molar-refractivity contribution in [2.24, 2.45) is 0 Å². The number of nitro benzene ring substituents is 1. The zero-order chi connectivity index (χ0) is 14.8. The van der Waals surface area contributed by atoms with Crippen LogP contribution in [0.15, 0.2) is 52.9 Å². The maximum Gasteiger partial charge on any atom is 0.269 e. The first-order chi connectivity index (χ1) is 10.1. The van der Waals surface area contributed by atoms with Gasteiger partial charge in [0.15, 0.2) is 0 Å². The minimum absolute atomic E-state index is 0.00425. The summed E-state index contributed by atoms with van der Waals surface area (Å²) in [7, 11) is 0. The summed E-state index contributed by atoms with van der Waals surface area (Å²) in [5.74, 6) is 0.578. The normalized spacial score (nSPS) is 10.5. The molecule has 0 radical (unpaired) electrons. The van der Waals surface area contributed by atoms with Crippen molar-refractivity contribution in [3.05, 3.63) is 63.7 Å². The molecule has 0 aliphatic rings. The molecule has 7 heteroatoms. The van der Waals surface area contributed by atoms with Crippen molar-refractivity contribution in [3.8, 4) is 22.9 Å². The smallest absolute Gasteiger partial charge is 0.269 e. The number of halogens is 1. The second-order valence-electron chi connectivity index (χ2n) is 4.20. The molecule has 3 rings (SSSR count). The molecule has 1 aromatic heterocycles. The summed E-state index contributed by atoms with van der Waals surface area (Å²) in [4.78, 5) is 10.1. The third kappa shape index (κ3) is 2.61. The Morgan fingerprint density at radius 2 is 1.67 bits per heavy atom. The molecule has 0 amide bonds. The van der Waals surface area contributed by atoms with Crippen LogP contribution in [0.3, 0.4) is 0 Å². The van der Waals surface area contributed by atoms with E-state index >= 15 is 0 Å². The van der Waals surface area contributed by atoms with Gasteiger partial charge >= 0.3 is 0 Å². The minimum Gasteiger partial charge on any atom is -0.416 e. The van der Waals surface area contributed by atoms with Gasteiger partial charge in [-0.2, -0.15) is 0 Å². The molecule has 0 aliphatic heterocycles. The Bertz CT molecular complexity index is 799. The summed E-state index contributed by atoms with van der Waals surface area (Å²) >= 11 is 6.07. The number of nitrogens with zero attached hydrogens (tertiary/aromatic N) is 3. The van der Waals surface area contributed by atoms with Gasteiger partial charge < -0.3 is 4.42 Å². The van der Waals surface area contributed by atoms with E-state index < -0.39 is 4.92 Å². The van der Waals surface area contributed by atoms with Gasteiger partial charge in [0, 0.05) is 17.7 Å². The lowest BCUT2D eigenvalue weighted by Crippen LogP contribution is -1.87. The minimum atomic E-state index is -0.466. The standard InChI is InChI=1S/C14H8ClN3O3/c15-12-4-2-1-3-11(12)14-17-16-13(21-14)9-5-7-10(8-6-9)18(19)20/h1-8H. The highest BCUT2D eigenvalue weighted by atomic mass is 35.5. The van der Waals surface area contributed by atoms with Crippen molar-refractivity contribution < 1.29 is 9.34 Å². The van der Waals surface area contributed by atoms with E-state index in [9.17, 15) is 10.1 Å².